The third-order valence-corrected chi connectivity index (χ3v) is 2.47. The van der Waals surface area contributed by atoms with Crippen molar-refractivity contribution in [1.82, 2.24) is 10.6 Å². The first-order valence-electron chi connectivity index (χ1n) is 6.45. The number of ether oxygens (including phenoxy) is 1. The molecule has 19 heavy (non-hydrogen) atoms. The number of hydrogen-bond acceptors (Lipinski definition) is 3. The molecule has 1 aromatic rings. The minimum Gasteiger partial charge on any atom is -0.494 e. The second-order valence-electron chi connectivity index (χ2n) is 3.96. The number of hydrogen-bond donors (Lipinski definition) is 2. The van der Waals surface area contributed by atoms with E-state index in [1.807, 2.05) is 38.1 Å². The van der Waals surface area contributed by atoms with Gasteiger partial charge in [-0.3, -0.25) is 4.79 Å². The molecule has 0 saturated heterocycles. The monoisotopic (exact) mass is 286 g/mol. The van der Waals surface area contributed by atoms with Crippen LogP contribution < -0.4 is 15.4 Å². The number of carbonyl (C=O) groups is 1. The molecule has 0 bridgehead atoms. The van der Waals surface area contributed by atoms with Crippen LogP contribution in [0.25, 0.3) is 0 Å². The predicted octanol–water partition coefficient (Wildman–Crippen LogP) is 1.78. The van der Waals surface area contributed by atoms with Gasteiger partial charge in [0.05, 0.1) is 13.0 Å². The molecule has 0 saturated carbocycles. The molecule has 1 amide bonds. The van der Waals surface area contributed by atoms with Crippen LogP contribution in [-0.2, 0) is 11.2 Å². The van der Waals surface area contributed by atoms with E-state index in [9.17, 15) is 4.79 Å². The van der Waals surface area contributed by atoms with E-state index in [4.69, 9.17) is 4.74 Å². The van der Waals surface area contributed by atoms with Gasteiger partial charge in [-0.15, -0.1) is 12.4 Å². The summed E-state index contributed by atoms with van der Waals surface area (Å²) in [7, 11) is 0. The molecule has 0 aromatic heterocycles. The van der Waals surface area contributed by atoms with Gasteiger partial charge in [0.25, 0.3) is 0 Å². The van der Waals surface area contributed by atoms with Crippen LogP contribution in [0.1, 0.15) is 19.4 Å². The summed E-state index contributed by atoms with van der Waals surface area (Å²) in [6.45, 7) is 7.06. The summed E-state index contributed by atoms with van der Waals surface area (Å²) >= 11 is 0. The van der Waals surface area contributed by atoms with Crippen molar-refractivity contribution in [3.63, 3.8) is 0 Å². The standard InChI is InChI=1S/C14H22N2O2.ClH/c1-3-15-9-10-16-14(17)11-12-5-7-13(8-6-12)18-4-2;/h5-8,15H,3-4,9-11H2,1-2H3,(H,16,17);1H. The van der Waals surface area contributed by atoms with Crippen LogP contribution in [-0.4, -0.2) is 32.1 Å². The van der Waals surface area contributed by atoms with Crippen LogP contribution >= 0.6 is 12.4 Å². The van der Waals surface area contributed by atoms with Crippen molar-refractivity contribution in [2.24, 2.45) is 0 Å². The van der Waals surface area contributed by atoms with E-state index in [2.05, 4.69) is 10.6 Å². The summed E-state index contributed by atoms with van der Waals surface area (Å²) < 4.78 is 5.35. The van der Waals surface area contributed by atoms with Crippen LogP contribution in [0.4, 0.5) is 0 Å². The molecular formula is C14H23ClN2O2. The first-order chi connectivity index (χ1) is 8.76. The normalized spacial score (nSPS) is 9.58. The van der Waals surface area contributed by atoms with Gasteiger partial charge in [-0.25, -0.2) is 0 Å². The lowest BCUT2D eigenvalue weighted by Crippen LogP contribution is -2.32. The zero-order valence-corrected chi connectivity index (χ0v) is 12.4. The Morgan fingerprint density at radius 3 is 2.42 bits per heavy atom. The Labute approximate surface area is 121 Å². The molecule has 0 atom stereocenters. The fourth-order valence-electron chi connectivity index (χ4n) is 1.59. The van der Waals surface area contributed by atoms with Crippen molar-refractivity contribution in [3.8, 4) is 5.75 Å². The van der Waals surface area contributed by atoms with Gasteiger partial charge in [0, 0.05) is 13.1 Å². The highest BCUT2D eigenvalue weighted by atomic mass is 35.5. The van der Waals surface area contributed by atoms with Crippen LogP contribution in [0, 0.1) is 0 Å². The van der Waals surface area contributed by atoms with Gasteiger partial charge in [-0.1, -0.05) is 19.1 Å². The number of benzene rings is 1. The lowest BCUT2D eigenvalue weighted by atomic mass is 10.1. The zero-order chi connectivity index (χ0) is 13.2. The summed E-state index contributed by atoms with van der Waals surface area (Å²) in [5.41, 5.74) is 0.999. The van der Waals surface area contributed by atoms with Crippen molar-refractivity contribution < 1.29 is 9.53 Å². The molecule has 0 unspecified atom stereocenters. The summed E-state index contributed by atoms with van der Waals surface area (Å²) in [4.78, 5) is 11.6. The average Bonchev–Trinajstić information content (AvgIpc) is 2.37. The number of amides is 1. The maximum atomic E-state index is 11.6. The minimum absolute atomic E-state index is 0. The third-order valence-electron chi connectivity index (χ3n) is 2.47. The Balaban J connectivity index is 0.00000324. The third kappa shape index (κ3) is 7.70. The predicted molar refractivity (Wildman–Crippen MR) is 80.1 cm³/mol. The Bertz CT molecular complexity index is 355. The highest BCUT2D eigenvalue weighted by Gasteiger charge is 2.02. The Morgan fingerprint density at radius 2 is 1.84 bits per heavy atom. The minimum atomic E-state index is 0. The summed E-state index contributed by atoms with van der Waals surface area (Å²) in [6.07, 6.45) is 0.415. The molecule has 4 nitrogen and oxygen atoms in total. The lowest BCUT2D eigenvalue weighted by molar-refractivity contribution is -0.120. The molecule has 108 valence electrons. The van der Waals surface area contributed by atoms with E-state index >= 15 is 0 Å². The Morgan fingerprint density at radius 1 is 1.16 bits per heavy atom. The molecule has 0 aliphatic heterocycles. The molecule has 0 heterocycles. The maximum absolute atomic E-state index is 11.6. The first-order valence-corrected chi connectivity index (χ1v) is 6.45. The van der Waals surface area contributed by atoms with E-state index in [1.165, 1.54) is 0 Å². The fraction of sp³-hybridized carbons (Fsp3) is 0.500. The van der Waals surface area contributed by atoms with Crippen molar-refractivity contribution in [3.05, 3.63) is 29.8 Å². The summed E-state index contributed by atoms with van der Waals surface area (Å²) in [6, 6.07) is 7.64. The maximum Gasteiger partial charge on any atom is 0.224 e. The Hall–Kier alpha value is -1.26. The van der Waals surface area contributed by atoms with E-state index in [-0.39, 0.29) is 18.3 Å². The zero-order valence-electron chi connectivity index (χ0n) is 11.6. The highest BCUT2D eigenvalue weighted by Crippen LogP contribution is 2.12. The largest absolute Gasteiger partial charge is 0.494 e. The topological polar surface area (TPSA) is 50.4 Å². The first kappa shape index (κ1) is 17.7. The quantitative estimate of drug-likeness (QED) is 0.716. The van der Waals surface area contributed by atoms with Gasteiger partial charge in [0.15, 0.2) is 0 Å². The van der Waals surface area contributed by atoms with Crippen LogP contribution in [0.15, 0.2) is 24.3 Å². The smallest absolute Gasteiger partial charge is 0.224 e. The molecule has 5 heteroatoms. The van der Waals surface area contributed by atoms with Crippen LogP contribution in [0.3, 0.4) is 0 Å². The molecule has 0 spiro atoms. The second kappa shape index (κ2) is 10.6. The lowest BCUT2D eigenvalue weighted by Gasteiger charge is -2.07. The molecule has 0 fully saturated rings. The van der Waals surface area contributed by atoms with Crippen LogP contribution in [0.5, 0.6) is 5.75 Å². The second-order valence-corrected chi connectivity index (χ2v) is 3.96. The SMILES string of the molecule is CCNCCNC(=O)Cc1ccc(OCC)cc1.Cl. The number of rotatable bonds is 8. The summed E-state index contributed by atoms with van der Waals surface area (Å²) in [5.74, 6) is 0.894. The van der Waals surface area contributed by atoms with Crippen molar-refractivity contribution >= 4 is 18.3 Å². The molecule has 0 aliphatic carbocycles. The van der Waals surface area contributed by atoms with Crippen LogP contribution in [0.2, 0.25) is 0 Å². The fourth-order valence-corrected chi connectivity index (χ4v) is 1.59. The van der Waals surface area contributed by atoms with E-state index in [0.717, 1.165) is 24.4 Å². The number of halogens is 1. The summed E-state index contributed by atoms with van der Waals surface area (Å²) in [5, 5.41) is 6.03. The molecule has 1 aromatic carbocycles. The van der Waals surface area contributed by atoms with Crippen molar-refractivity contribution in [2.45, 2.75) is 20.3 Å². The molecule has 0 aliphatic rings. The van der Waals surface area contributed by atoms with E-state index in [0.29, 0.717) is 19.6 Å². The van der Waals surface area contributed by atoms with Gasteiger partial charge >= 0.3 is 0 Å². The van der Waals surface area contributed by atoms with Crippen molar-refractivity contribution in [1.29, 1.82) is 0 Å². The number of likely N-dealkylation sites (N-methyl/N-ethyl adjacent to an activating group) is 1. The molecule has 0 radical (unpaired) electrons. The number of nitrogens with one attached hydrogen (secondary N) is 2. The van der Waals surface area contributed by atoms with Crippen molar-refractivity contribution in [2.75, 3.05) is 26.2 Å². The van der Waals surface area contributed by atoms with Gasteiger partial charge in [-0.2, -0.15) is 0 Å². The highest BCUT2D eigenvalue weighted by molar-refractivity contribution is 5.85. The van der Waals surface area contributed by atoms with E-state index in [1.54, 1.807) is 0 Å². The average molecular weight is 287 g/mol. The van der Waals surface area contributed by atoms with Gasteiger partial charge in [0.1, 0.15) is 5.75 Å². The molecule has 2 N–H and O–H groups in total. The van der Waals surface area contributed by atoms with Gasteiger partial charge in [-0.05, 0) is 31.2 Å². The van der Waals surface area contributed by atoms with Gasteiger partial charge in [0.2, 0.25) is 5.91 Å². The Kier molecular flexibility index (Phi) is 9.94. The number of carbonyl (C=O) groups excluding carboxylic acids is 1. The molecular weight excluding hydrogens is 264 g/mol. The van der Waals surface area contributed by atoms with E-state index < -0.39 is 0 Å². The molecule has 1 rings (SSSR count). The van der Waals surface area contributed by atoms with Gasteiger partial charge < -0.3 is 15.4 Å².